The number of ether oxygens (including phenoxy) is 1. The van der Waals surface area contributed by atoms with Crippen LogP contribution in [-0.4, -0.2) is 12.6 Å². The van der Waals surface area contributed by atoms with E-state index in [9.17, 15) is 4.79 Å². The van der Waals surface area contributed by atoms with E-state index in [4.69, 9.17) is 4.74 Å². The number of rotatable bonds is 0. The van der Waals surface area contributed by atoms with Gasteiger partial charge in [-0.3, -0.25) is 4.79 Å². The molecular weight excluding hydrogens is 212 g/mol. The number of esters is 1. The van der Waals surface area contributed by atoms with Crippen LogP contribution in [0.3, 0.4) is 0 Å². The third-order valence-corrected chi connectivity index (χ3v) is 3.20. The number of hydrogen-bond donors (Lipinski definition) is 0. The Hall–Kier alpha value is -0.790. The van der Waals surface area contributed by atoms with Crippen molar-refractivity contribution in [1.82, 2.24) is 0 Å². The van der Waals surface area contributed by atoms with Crippen molar-refractivity contribution in [2.24, 2.45) is 0 Å². The van der Waals surface area contributed by atoms with Crippen molar-refractivity contribution in [2.75, 3.05) is 6.61 Å². The molecule has 2 nitrogen and oxygen atoms in total. The maximum atomic E-state index is 11.3. The zero-order valence-corrected chi connectivity index (χ0v) is 11.0. The SMILES string of the molecule is O=C1CCCCCCC/C=C/CCCCCO1. The number of hydrogen-bond acceptors (Lipinski definition) is 2. The number of carbonyl (C=O) groups excluding carboxylic acids is 1. The predicted octanol–water partition coefficient (Wildman–Crippen LogP) is 4.39. The monoisotopic (exact) mass is 238 g/mol. The Morgan fingerprint density at radius 3 is 2.12 bits per heavy atom. The molecule has 0 bridgehead atoms. The van der Waals surface area contributed by atoms with Crippen molar-refractivity contribution < 1.29 is 9.53 Å². The average molecular weight is 238 g/mol. The molecule has 0 saturated carbocycles. The van der Waals surface area contributed by atoms with E-state index in [1.165, 1.54) is 44.9 Å². The molecule has 17 heavy (non-hydrogen) atoms. The number of allylic oxidation sites excluding steroid dienone is 2. The molecule has 0 aromatic heterocycles. The smallest absolute Gasteiger partial charge is 0.305 e. The van der Waals surface area contributed by atoms with E-state index in [2.05, 4.69) is 12.2 Å². The molecule has 0 saturated heterocycles. The zero-order valence-electron chi connectivity index (χ0n) is 11.0. The Balaban J connectivity index is 2.18. The van der Waals surface area contributed by atoms with Gasteiger partial charge in [-0.25, -0.2) is 0 Å². The van der Waals surface area contributed by atoms with Crippen LogP contribution in [0.2, 0.25) is 0 Å². The second-order valence-corrected chi connectivity index (χ2v) is 4.85. The van der Waals surface area contributed by atoms with Gasteiger partial charge in [0.05, 0.1) is 6.61 Å². The third-order valence-electron chi connectivity index (χ3n) is 3.20. The van der Waals surface area contributed by atoms with Gasteiger partial charge in [-0.1, -0.05) is 31.4 Å². The first kappa shape index (κ1) is 14.3. The van der Waals surface area contributed by atoms with Gasteiger partial charge >= 0.3 is 5.97 Å². The fourth-order valence-electron chi connectivity index (χ4n) is 2.10. The maximum absolute atomic E-state index is 11.3. The lowest BCUT2D eigenvalue weighted by Gasteiger charge is -2.05. The van der Waals surface area contributed by atoms with Crippen LogP contribution >= 0.6 is 0 Å². The molecule has 2 heteroatoms. The summed E-state index contributed by atoms with van der Waals surface area (Å²) in [5.74, 6) is -0.00279. The molecule has 0 amide bonds. The molecule has 0 aromatic rings. The second kappa shape index (κ2) is 10.4. The second-order valence-electron chi connectivity index (χ2n) is 4.85. The van der Waals surface area contributed by atoms with Gasteiger partial charge in [0.1, 0.15) is 0 Å². The predicted molar refractivity (Wildman–Crippen MR) is 70.9 cm³/mol. The summed E-state index contributed by atoms with van der Waals surface area (Å²) in [5, 5.41) is 0. The average Bonchev–Trinajstić information content (AvgIpc) is 2.32. The van der Waals surface area contributed by atoms with Crippen molar-refractivity contribution in [3.05, 3.63) is 12.2 Å². The normalized spacial score (nSPS) is 23.9. The quantitative estimate of drug-likeness (QED) is 0.462. The summed E-state index contributed by atoms with van der Waals surface area (Å²) in [6.07, 6.45) is 17.0. The van der Waals surface area contributed by atoms with E-state index in [1.807, 2.05) is 0 Å². The van der Waals surface area contributed by atoms with Crippen LogP contribution in [0, 0.1) is 0 Å². The van der Waals surface area contributed by atoms with Gasteiger partial charge in [-0.2, -0.15) is 0 Å². The van der Waals surface area contributed by atoms with Crippen LogP contribution in [0.5, 0.6) is 0 Å². The van der Waals surface area contributed by atoms with Gasteiger partial charge in [-0.05, 0) is 44.9 Å². The minimum absolute atomic E-state index is 0.00279. The van der Waals surface area contributed by atoms with E-state index in [0.29, 0.717) is 13.0 Å². The molecule has 0 fully saturated rings. The highest BCUT2D eigenvalue weighted by atomic mass is 16.5. The van der Waals surface area contributed by atoms with Crippen molar-refractivity contribution >= 4 is 5.97 Å². The van der Waals surface area contributed by atoms with Crippen molar-refractivity contribution in [1.29, 1.82) is 0 Å². The lowest BCUT2D eigenvalue weighted by Crippen LogP contribution is -2.05. The van der Waals surface area contributed by atoms with Gasteiger partial charge in [-0.15, -0.1) is 0 Å². The minimum Gasteiger partial charge on any atom is -0.466 e. The summed E-state index contributed by atoms with van der Waals surface area (Å²) in [5.41, 5.74) is 0. The summed E-state index contributed by atoms with van der Waals surface area (Å²) in [7, 11) is 0. The minimum atomic E-state index is -0.00279. The Morgan fingerprint density at radius 2 is 1.35 bits per heavy atom. The molecule has 0 radical (unpaired) electrons. The largest absolute Gasteiger partial charge is 0.466 e. The molecule has 1 heterocycles. The fourth-order valence-corrected chi connectivity index (χ4v) is 2.10. The summed E-state index contributed by atoms with van der Waals surface area (Å²) < 4.78 is 5.19. The summed E-state index contributed by atoms with van der Waals surface area (Å²) in [4.78, 5) is 11.3. The highest BCUT2D eigenvalue weighted by Crippen LogP contribution is 2.10. The Bertz CT molecular complexity index is 221. The molecule has 0 N–H and O–H groups in total. The maximum Gasteiger partial charge on any atom is 0.305 e. The van der Waals surface area contributed by atoms with Crippen molar-refractivity contribution in [3.63, 3.8) is 0 Å². The zero-order chi connectivity index (χ0) is 12.2. The Kier molecular flexibility index (Phi) is 8.71. The Morgan fingerprint density at radius 1 is 0.765 bits per heavy atom. The summed E-state index contributed by atoms with van der Waals surface area (Å²) >= 11 is 0. The van der Waals surface area contributed by atoms with Gasteiger partial charge in [0.25, 0.3) is 0 Å². The van der Waals surface area contributed by atoms with Crippen molar-refractivity contribution in [3.8, 4) is 0 Å². The first-order valence-electron chi connectivity index (χ1n) is 7.20. The van der Waals surface area contributed by atoms with E-state index >= 15 is 0 Å². The number of carbonyl (C=O) groups is 1. The molecule has 0 unspecified atom stereocenters. The van der Waals surface area contributed by atoms with Gasteiger partial charge < -0.3 is 4.74 Å². The standard InChI is InChI=1S/C15H26O2/c16-15-13-11-9-7-5-3-1-2-4-6-8-10-12-14-17-15/h2,4H,1,3,5-14H2/b4-2+. The molecule has 0 aliphatic carbocycles. The molecule has 1 rings (SSSR count). The van der Waals surface area contributed by atoms with E-state index in [1.54, 1.807) is 0 Å². The first-order chi connectivity index (χ1) is 8.39. The van der Waals surface area contributed by atoms with Crippen LogP contribution in [0.4, 0.5) is 0 Å². The lowest BCUT2D eigenvalue weighted by atomic mass is 10.1. The van der Waals surface area contributed by atoms with Gasteiger partial charge in [0, 0.05) is 6.42 Å². The third kappa shape index (κ3) is 8.96. The summed E-state index contributed by atoms with van der Waals surface area (Å²) in [6, 6.07) is 0. The van der Waals surface area contributed by atoms with Crippen LogP contribution < -0.4 is 0 Å². The molecule has 98 valence electrons. The number of cyclic esters (lactones) is 1. The molecule has 0 atom stereocenters. The fraction of sp³-hybridized carbons (Fsp3) is 0.800. The van der Waals surface area contributed by atoms with Crippen LogP contribution in [-0.2, 0) is 9.53 Å². The molecule has 0 spiro atoms. The molecular formula is C15H26O2. The highest BCUT2D eigenvalue weighted by Gasteiger charge is 2.02. The van der Waals surface area contributed by atoms with Crippen LogP contribution in [0.15, 0.2) is 12.2 Å². The Labute approximate surface area is 105 Å². The topological polar surface area (TPSA) is 26.3 Å². The van der Waals surface area contributed by atoms with E-state index in [0.717, 1.165) is 19.3 Å². The molecule has 1 aliphatic heterocycles. The molecule has 0 aromatic carbocycles. The first-order valence-corrected chi connectivity index (χ1v) is 7.20. The van der Waals surface area contributed by atoms with E-state index in [-0.39, 0.29) is 5.97 Å². The summed E-state index contributed by atoms with van der Waals surface area (Å²) in [6.45, 7) is 0.614. The molecule has 1 aliphatic rings. The highest BCUT2D eigenvalue weighted by molar-refractivity contribution is 5.69. The van der Waals surface area contributed by atoms with Gasteiger partial charge in [0.2, 0.25) is 0 Å². The van der Waals surface area contributed by atoms with E-state index < -0.39 is 0 Å². The lowest BCUT2D eigenvalue weighted by molar-refractivity contribution is -0.143. The van der Waals surface area contributed by atoms with Crippen LogP contribution in [0.25, 0.3) is 0 Å². The van der Waals surface area contributed by atoms with Crippen molar-refractivity contribution in [2.45, 2.75) is 70.6 Å². The van der Waals surface area contributed by atoms with Gasteiger partial charge in [0.15, 0.2) is 0 Å². The van der Waals surface area contributed by atoms with Crippen LogP contribution in [0.1, 0.15) is 70.6 Å².